The van der Waals surface area contributed by atoms with Crippen molar-refractivity contribution in [2.24, 2.45) is 0 Å². The zero-order valence-electron chi connectivity index (χ0n) is 11.6. The number of rotatable bonds is 4. The van der Waals surface area contributed by atoms with E-state index in [-0.39, 0.29) is 5.92 Å². The molecule has 5 nitrogen and oxygen atoms in total. The van der Waals surface area contributed by atoms with Gasteiger partial charge in [-0.1, -0.05) is 26.7 Å². The van der Waals surface area contributed by atoms with Crippen molar-refractivity contribution >= 4 is 5.97 Å². The predicted octanol–water partition coefficient (Wildman–Crippen LogP) is 2.51. The van der Waals surface area contributed by atoms with E-state index in [2.05, 4.69) is 9.97 Å². The van der Waals surface area contributed by atoms with Crippen LogP contribution < -0.4 is 4.74 Å². The molecule has 0 radical (unpaired) electrons. The Morgan fingerprint density at radius 2 is 2.05 bits per heavy atom. The molecule has 104 valence electrons. The molecule has 0 spiro atoms. The predicted molar refractivity (Wildman–Crippen MR) is 70.5 cm³/mol. The average Bonchev–Trinajstić information content (AvgIpc) is 2.88. The van der Waals surface area contributed by atoms with E-state index in [0.717, 1.165) is 12.8 Å². The largest absolute Gasteiger partial charge is 0.481 e. The van der Waals surface area contributed by atoms with Crippen LogP contribution in [0.4, 0.5) is 0 Å². The second kappa shape index (κ2) is 5.15. The summed E-state index contributed by atoms with van der Waals surface area (Å²) in [5.74, 6) is 0.471. The van der Waals surface area contributed by atoms with Gasteiger partial charge in [0.2, 0.25) is 5.88 Å². The molecule has 5 heteroatoms. The minimum Gasteiger partial charge on any atom is -0.481 e. The summed E-state index contributed by atoms with van der Waals surface area (Å²) in [4.78, 5) is 20.4. The molecule has 1 saturated carbocycles. The average molecular weight is 264 g/mol. The molecule has 0 unspecified atom stereocenters. The van der Waals surface area contributed by atoms with Gasteiger partial charge in [0.05, 0.1) is 12.5 Å². The zero-order valence-corrected chi connectivity index (χ0v) is 11.6. The fourth-order valence-corrected chi connectivity index (χ4v) is 2.72. The Balaban J connectivity index is 2.51. The third-order valence-corrected chi connectivity index (χ3v) is 3.86. The summed E-state index contributed by atoms with van der Waals surface area (Å²) in [5.41, 5.74) is -0.259. The van der Waals surface area contributed by atoms with Crippen LogP contribution in [0.3, 0.4) is 0 Å². The number of nitrogens with zero attached hydrogens (tertiary/aromatic N) is 2. The van der Waals surface area contributed by atoms with E-state index in [0.29, 0.717) is 30.1 Å². The van der Waals surface area contributed by atoms with Crippen molar-refractivity contribution in [2.45, 2.75) is 50.9 Å². The molecule has 1 aliphatic rings. The van der Waals surface area contributed by atoms with Crippen molar-refractivity contribution in [2.75, 3.05) is 7.11 Å². The maximum absolute atomic E-state index is 11.7. The molecule has 1 aromatic heterocycles. The van der Waals surface area contributed by atoms with Crippen molar-refractivity contribution in [1.82, 2.24) is 9.97 Å². The van der Waals surface area contributed by atoms with Crippen molar-refractivity contribution in [1.29, 1.82) is 0 Å². The fourth-order valence-electron chi connectivity index (χ4n) is 2.72. The van der Waals surface area contributed by atoms with Crippen LogP contribution >= 0.6 is 0 Å². The topological polar surface area (TPSA) is 72.3 Å². The molecule has 1 heterocycles. The molecule has 1 aromatic rings. The number of ether oxygens (including phenoxy) is 1. The number of aromatic nitrogens is 2. The summed E-state index contributed by atoms with van der Waals surface area (Å²) in [6.07, 6.45) is 4.73. The first-order valence-corrected chi connectivity index (χ1v) is 6.66. The van der Waals surface area contributed by atoms with Crippen LogP contribution in [-0.4, -0.2) is 28.2 Å². The lowest BCUT2D eigenvalue weighted by atomic mass is 9.80. The Kier molecular flexibility index (Phi) is 3.73. The molecule has 0 aromatic carbocycles. The minimum absolute atomic E-state index is 0.187. The van der Waals surface area contributed by atoms with E-state index in [1.54, 1.807) is 6.20 Å². The van der Waals surface area contributed by atoms with Gasteiger partial charge in [-0.2, -0.15) is 4.98 Å². The van der Waals surface area contributed by atoms with Crippen molar-refractivity contribution in [3.05, 3.63) is 17.6 Å². The summed E-state index contributed by atoms with van der Waals surface area (Å²) in [6, 6.07) is 0. The normalized spacial score (nSPS) is 17.7. The van der Waals surface area contributed by atoms with Gasteiger partial charge in [-0.15, -0.1) is 0 Å². The van der Waals surface area contributed by atoms with Gasteiger partial charge < -0.3 is 9.84 Å². The van der Waals surface area contributed by atoms with Crippen LogP contribution in [0.1, 0.15) is 56.8 Å². The Hall–Kier alpha value is -1.65. The molecular weight excluding hydrogens is 244 g/mol. The quantitative estimate of drug-likeness (QED) is 0.904. The maximum atomic E-state index is 11.7. The van der Waals surface area contributed by atoms with E-state index in [1.807, 2.05) is 13.8 Å². The van der Waals surface area contributed by atoms with E-state index >= 15 is 0 Å². The number of hydrogen-bond acceptors (Lipinski definition) is 4. The van der Waals surface area contributed by atoms with Crippen LogP contribution in [0.2, 0.25) is 0 Å². The smallest absolute Gasteiger partial charge is 0.314 e. The summed E-state index contributed by atoms with van der Waals surface area (Å²) < 4.78 is 5.31. The first-order valence-electron chi connectivity index (χ1n) is 6.66. The standard InChI is InChI=1S/C14H20N2O3/c1-9(2)11-15-8-10(12(16-11)19-3)14(13(17)18)6-4-5-7-14/h8-9H,4-7H2,1-3H3,(H,17,18). The third kappa shape index (κ3) is 2.29. The third-order valence-electron chi connectivity index (χ3n) is 3.86. The molecule has 1 fully saturated rings. The Morgan fingerprint density at radius 3 is 2.53 bits per heavy atom. The molecule has 0 bridgehead atoms. The summed E-state index contributed by atoms with van der Waals surface area (Å²) in [7, 11) is 1.53. The highest BCUT2D eigenvalue weighted by Gasteiger charge is 2.45. The van der Waals surface area contributed by atoms with Crippen LogP contribution in [0, 0.1) is 0 Å². The molecule has 1 N–H and O–H groups in total. The molecule has 2 rings (SSSR count). The first-order chi connectivity index (χ1) is 9.01. The second-order valence-corrected chi connectivity index (χ2v) is 5.40. The van der Waals surface area contributed by atoms with E-state index in [1.165, 1.54) is 7.11 Å². The summed E-state index contributed by atoms with van der Waals surface area (Å²) in [5, 5.41) is 9.60. The lowest BCUT2D eigenvalue weighted by Crippen LogP contribution is -2.33. The van der Waals surface area contributed by atoms with Gasteiger partial charge in [0, 0.05) is 17.7 Å². The lowest BCUT2D eigenvalue weighted by Gasteiger charge is -2.25. The van der Waals surface area contributed by atoms with Gasteiger partial charge in [-0.05, 0) is 12.8 Å². The van der Waals surface area contributed by atoms with Gasteiger partial charge in [0.25, 0.3) is 0 Å². The highest BCUT2D eigenvalue weighted by atomic mass is 16.5. The molecule has 19 heavy (non-hydrogen) atoms. The minimum atomic E-state index is -0.874. The lowest BCUT2D eigenvalue weighted by molar-refractivity contribution is -0.143. The van der Waals surface area contributed by atoms with Crippen LogP contribution in [0.15, 0.2) is 6.20 Å². The van der Waals surface area contributed by atoms with Crippen LogP contribution in [-0.2, 0) is 10.2 Å². The molecule has 0 saturated heterocycles. The number of aliphatic carboxylic acids is 1. The second-order valence-electron chi connectivity index (χ2n) is 5.40. The van der Waals surface area contributed by atoms with Gasteiger partial charge in [-0.25, -0.2) is 4.98 Å². The molecule has 0 aliphatic heterocycles. The summed E-state index contributed by atoms with van der Waals surface area (Å²) >= 11 is 0. The van der Waals surface area contributed by atoms with E-state index < -0.39 is 11.4 Å². The highest BCUT2D eigenvalue weighted by molar-refractivity contribution is 5.82. The van der Waals surface area contributed by atoms with Crippen molar-refractivity contribution in [3.63, 3.8) is 0 Å². The van der Waals surface area contributed by atoms with Gasteiger partial charge in [-0.3, -0.25) is 4.79 Å². The molecule has 1 aliphatic carbocycles. The number of methoxy groups -OCH3 is 1. The Labute approximate surface area is 113 Å². The van der Waals surface area contributed by atoms with Gasteiger partial charge >= 0.3 is 5.97 Å². The maximum Gasteiger partial charge on any atom is 0.314 e. The van der Waals surface area contributed by atoms with Crippen LogP contribution in [0.25, 0.3) is 0 Å². The number of carbonyl (C=O) groups is 1. The van der Waals surface area contributed by atoms with Crippen LogP contribution in [0.5, 0.6) is 5.88 Å². The van der Waals surface area contributed by atoms with E-state index in [4.69, 9.17) is 4.74 Å². The monoisotopic (exact) mass is 264 g/mol. The molecule has 0 amide bonds. The number of hydrogen-bond donors (Lipinski definition) is 1. The highest BCUT2D eigenvalue weighted by Crippen LogP contribution is 2.44. The number of carboxylic acid groups (broad SMARTS) is 1. The first kappa shape index (κ1) is 13.8. The van der Waals surface area contributed by atoms with Gasteiger partial charge in [0.15, 0.2) is 0 Å². The Bertz CT molecular complexity index is 480. The van der Waals surface area contributed by atoms with E-state index in [9.17, 15) is 9.90 Å². The summed E-state index contributed by atoms with van der Waals surface area (Å²) in [6.45, 7) is 3.99. The van der Waals surface area contributed by atoms with Crippen molar-refractivity contribution in [3.8, 4) is 5.88 Å². The van der Waals surface area contributed by atoms with Crippen molar-refractivity contribution < 1.29 is 14.6 Å². The zero-order chi connectivity index (χ0) is 14.0. The molecule has 0 atom stereocenters. The van der Waals surface area contributed by atoms with Gasteiger partial charge in [0.1, 0.15) is 5.82 Å². The molecular formula is C14H20N2O3. The number of carboxylic acids is 1. The Morgan fingerprint density at radius 1 is 1.42 bits per heavy atom. The SMILES string of the molecule is COc1nc(C(C)C)ncc1C1(C(=O)O)CCCC1. The fraction of sp³-hybridized carbons (Fsp3) is 0.643.